The van der Waals surface area contributed by atoms with Crippen molar-refractivity contribution >= 4 is 34.8 Å². The lowest BCUT2D eigenvalue weighted by Crippen LogP contribution is -2.22. The Hall–Kier alpha value is -2.67. The number of amides is 2. The SMILES string of the molecule is CC[C@@H]1CCc2sc(C(=O)OCC(=O)Nc3ccc(C(=O)N(C)C)cc3)cc2C1. The predicted molar refractivity (Wildman–Crippen MR) is 113 cm³/mol. The van der Waals surface area contributed by atoms with Crippen LogP contribution in [0.5, 0.6) is 0 Å². The molecule has 0 spiro atoms. The Bertz CT molecular complexity index is 902. The maximum atomic E-state index is 12.3. The molecular weight excluding hydrogens is 388 g/mol. The van der Waals surface area contributed by atoms with Gasteiger partial charge in [0.25, 0.3) is 11.8 Å². The number of hydrogen-bond donors (Lipinski definition) is 1. The number of hydrogen-bond acceptors (Lipinski definition) is 5. The Morgan fingerprint density at radius 3 is 2.59 bits per heavy atom. The van der Waals surface area contributed by atoms with Gasteiger partial charge in [-0.25, -0.2) is 4.79 Å². The normalized spacial score (nSPS) is 15.3. The molecule has 2 aromatic rings. The molecule has 1 aliphatic carbocycles. The van der Waals surface area contributed by atoms with Crippen molar-refractivity contribution in [3.05, 3.63) is 51.2 Å². The number of benzene rings is 1. The van der Waals surface area contributed by atoms with Crippen LogP contribution in [0.2, 0.25) is 0 Å². The number of fused-ring (bicyclic) bond motifs is 1. The average Bonchev–Trinajstić information content (AvgIpc) is 3.15. The molecule has 0 fully saturated rings. The van der Waals surface area contributed by atoms with E-state index in [1.165, 1.54) is 33.1 Å². The van der Waals surface area contributed by atoms with Gasteiger partial charge in [-0.1, -0.05) is 13.3 Å². The highest BCUT2D eigenvalue weighted by Crippen LogP contribution is 2.33. The number of rotatable bonds is 6. The van der Waals surface area contributed by atoms with E-state index in [1.54, 1.807) is 38.4 Å². The van der Waals surface area contributed by atoms with Crippen LogP contribution >= 0.6 is 11.3 Å². The van der Waals surface area contributed by atoms with Crippen molar-refractivity contribution in [2.24, 2.45) is 5.92 Å². The van der Waals surface area contributed by atoms with Gasteiger partial charge in [-0.15, -0.1) is 11.3 Å². The van der Waals surface area contributed by atoms with Crippen LogP contribution in [0.1, 0.15) is 50.2 Å². The number of thiophene rings is 1. The quantitative estimate of drug-likeness (QED) is 0.731. The smallest absolute Gasteiger partial charge is 0.348 e. The van der Waals surface area contributed by atoms with Crippen LogP contribution in [0.25, 0.3) is 0 Å². The molecule has 7 heteroatoms. The van der Waals surface area contributed by atoms with Crippen molar-refractivity contribution in [1.29, 1.82) is 0 Å². The second kappa shape index (κ2) is 9.22. The van der Waals surface area contributed by atoms with Crippen molar-refractivity contribution in [3.63, 3.8) is 0 Å². The molecule has 1 aromatic carbocycles. The predicted octanol–water partition coefficient (Wildman–Crippen LogP) is 3.76. The standard InChI is InChI=1S/C22H26N2O4S/c1-4-14-5-10-18-16(11-14)12-19(29-18)22(27)28-13-20(25)23-17-8-6-15(7-9-17)21(26)24(2)3/h6-9,12,14H,4-5,10-11,13H2,1-3H3,(H,23,25)/t14-/m1/s1. The molecule has 0 radical (unpaired) electrons. The number of nitrogens with zero attached hydrogens (tertiary/aromatic N) is 1. The highest BCUT2D eigenvalue weighted by atomic mass is 32.1. The van der Waals surface area contributed by atoms with Crippen LogP contribution in [0.4, 0.5) is 5.69 Å². The Balaban J connectivity index is 1.51. The highest BCUT2D eigenvalue weighted by Gasteiger charge is 2.23. The molecule has 1 atom stereocenters. The zero-order chi connectivity index (χ0) is 21.0. The molecule has 1 heterocycles. The molecule has 1 N–H and O–H groups in total. The summed E-state index contributed by atoms with van der Waals surface area (Å²) in [5, 5.41) is 2.67. The molecule has 6 nitrogen and oxygen atoms in total. The summed E-state index contributed by atoms with van der Waals surface area (Å²) in [6.45, 7) is 1.85. The van der Waals surface area contributed by atoms with E-state index in [1.807, 2.05) is 6.07 Å². The average molecular weight is 415 g/mol. The van der Waals surface area contributed by atoms with Crippen LogP contribution in [-0.4, -0.2) is 43.4 Å². The topological polar surface area (TPSA) is 75.7 Å². The summed E-state index contributed by atoms with van der Waals surface area (Å²) in [6.07, 6.45) is 4.35. The van der Waals surface area contributed by atoms with E-state index in [-0.39, 0.29) is 12.5 Å². The Kier molecular flexibility index (Phi) is 6.69. The zero-order valence-electron chi connectivity index (χ0n) is 17.0. The lowest BCUT2D eigenvalue weighted by atomic mass is 9.87. The van der Waals surface area contributed by atoms with Crippen molar-refractivity contribution in [2.75, 3.05) is 26.0 Å². The van der Waals surface area contributed by atoms with Gasteiger partial charge < -0.3 is 15.0 Å². The maximum Gasteiger partial charge on any atom is 0.348 e. The highest BCUT2D eigenvalue weighted by molar-refractivity contribution is 7.14. The molecule has 0 aliphatic heterocycles. The summed E-state index contributed by atoms with van der Waals surface area (Å²) >= 11 is 1.48. The Morgan fingerprint density at radius 1 is 1.21 bits per heavy atom. The van der Waals surface area contributed by atoms with Crippen molar-refractivity contribution in [1.82, 2.24) is 4.90 Å². The summed E-state index contributed by atoms with van der Waals surface area (Å²) in [4.78, 5) is 39.6. The number of anilines is 1. The number of carbonyl (C=O) groups excluding carboxylic acids is 3. The van der Waals surface area contributed by atoms with Gasteiger partial charge in [-0.2, -0.15) is 0 Å². The number of carbonyl (C=O) groups is 3. The minimum atomic E-state index is -0.459. The molecule has 2 amide bonds. The van der Waals surface area contributed by atoms with Gasteiger partial charge >= 0.3 is 5.97 Å². The van der Waals surface area contributed by atoms with Gasteiger partial charge in [0.15, 0.2) is 6.61 Å². The molecule has 0 saturated heterocycles. The number of aryl methyl sites for hydroxylation is 1. The van der Waals surface area contributed by atoms with Gasteiger partial charge in [-0.3, -0.25) is 9.59 Å². The monoisotopic (exact) mass is 414 g/mol. The van der Waals surface area contributed by atoms with E-state index in [0.717, 1.165) is 19.3 Å². The third-order valence-corrected chi connectivity index (χ3v) is 6.34. The number of ether oxygens (including phenoxy) is 1. The van der Waals surface area contributed by atoms with E-state index in [2.05, 4.69) is 12.2 Å². The van der Waals surface area contributed by atoms with E-state index < -0.39 is 11.9 Å². The maximum absolute atomic E-state index is 12.3. The molecule has 3 rings (SSSR count). The Labute approximate surface area is 174 Å². The fraction of sp³-hybridized carbons (Fsp3) is 0.409. The summed E-state index contributed by atoms with van der Waals surface area (Å²) in [7, 11) is 3.36. The van der Waals surface area contributed by atoms with Crippen LogP contribution in [0.15, 0.2) is 30.3 Å². The van der Waals surface area contributed by atoms with Gasteiger partial charge in [0.2, 0.25) is 0 Å². The van der Waals surface area contributed by atoms with E-state index >= 15 is 0 Å². The van der Waals surface area contributed by atoms with Crippen LogP contribution in [-0.2, 0) is 22.4 Å². The first-order chi connectivity index (χ1) is 13.9. The zero-order valence-corrected chi connectivity index (χ0v) is 17.8. The fourth-order valence-corrected chi connectivity index (χ4v) is 4.50. The minimum absolute atomic E-state index is 0.110. The molecule has 0 saturated carbocycles. The molecule has 1 aliphatic rings. The lowest BCUT2D eigenvalue weighted by molar-refractivity contribution is -0.119. The first-order valence-electron chi connectivity index (χ1n) is 9.77. The third-order valence-electron chi connectivity index (χ3n) is 5.12. The summed E-state index contributed by atoms with van der Waals surface area (Å²) < 4.78 is 5.19. The molecule has 1 aromatic heterocycles. The third kappa shape index (κ3) is 5.23. The molecule has 154 valence electrons. The fourth-order valence-electron chi connectivity index (χ4n) is 3.40. The Morgan fingerprint density at radius 2 is 1.93 bits per heavy atom. The first-order valence-corrected chi connectivity index (χ1v) is 10.6. The van der Waals surface area contributed by atoms with E-state index in [4.69, 9.17) is 4.74 Å². The summed E-state index contributed by atoms with van der Waals surface area (Å²) in [6, 6.07) is 8.50. The number of nitrogens with one attached hydrogen (secondary N) is 1. The first kappa shape index (κ1) is 21.0. The minimum Gasteiger partial charge on any atom is -0.451 e. The van der Waals surface area contributed by atoms with E-state index in [0.29, 0.717) is 22.0 Å². The summed E-state index contributed by atoms with van der Waals surface area (Å²) in [5.41, 5.74) is 2.32. The van der Waals surface area contributed by atoms with Gasteiger partial charge in [-0.05, 0) is 61.1 Å². The molecular formula is C22H26N2O4S. The van der Waals surface area contributed by atoms with E-state index in [9.17, 15) is 14.4 Å². The van der Waals surface area contributed by atoms with Crippen molar-refractivity contribution in [3.8, 4) is 0 Å². The molecule has 0 unspecified atom stereocenters. The number of esters is 1. The van der Waals surface area contributed by atoms with Crippen LogP contribution in [0.3, 0.4) is 0 Å². The lowest BCUT2D eigenvalue weighted by Gasteiger charge is -2.19. The van der Waals surface area contributed by atoms with Gasteiger partial charge in [0.05, 0.1) is 0 Å². The second-order valence-electron chi connectivity index (χ2n) is 7.48. The van der Waals surface area contributed by atoms with Crippen LogP contribution in [0, 0.1) is 5.92 Å². The van der Waals surface area contributed by atoms with Gasteiger partial charge in [0, 0.05) is 30.2 Å². The van der Waals surface area contributed by atoms with Crippen LogP contribution < -0.4 is 5.32 Å². The van der Waals surface area contributed by atoms with Crippen molar-refractivity contribution in [2.45, 2.75) is 32.6 Å². The molecule has 29 heavy (non-hydrogen) atoms. The molecule has 0 bridgehead atoms. The summed E-state index contributed by atoms with van der Waals surface area (Å²) in [5.74, 6) is -0.302. The van der Waals surface area contributed by atoms with Gasteiger partial charge in [0.1, 0.15) is 4.88 Å². The van der Waals surface area contributed by atoms with Crippen molar-refractivity contribution < 1.29 is 19.1 Å². The second-order valence-corrected chi connectivity index (χ2v) is 8.61. The largest absolute Gasteiger partial charge is 0.451 e.